The van der Waals surface area contributed by atoms with Gasteiger partial charge in [0, 0.05) is 6.42 Å². The van der Waals surface area contributed by atoms with Crippen LogP contribution in [0.15, 0.2) is 36.5 Å². The molecule has 0 spiro atoms. The smallest absolute Gasteiger partial charge is 0.310 e. The first-order valence-corrected chi connectivity index (χ1v) is 7.54. The number of H-pyrrole nitrogens is 1. The van der Waals surface area contributed by atoms with E-state index in [1.54, 1.807) is 6.92 Å². The Balaban J connectivity index is 2.23. The maximum atomic E-state index is 12.4. The van der Waals surface area contributed by atoms with Gasteiger partial charge in [-0.3, -0.25) is 9.59 Å². The van der Waals surface area contributed by atoms with Crippen molar-refractivity contribution in [3.05, 3.63) is 53.6 Å². The fraction of sp³-hybridized carbons (Fsp3) is 0.353. The SMILES string of the molecule is CCc1ncc(C(=O)NC(c2ccccc2)C(C)C(=O)OC)[nH]1. The van der Waals surface area contributed by atoms with Gasteiger partial charge in [-0.15, -0.1) is 0 Å². The summed E-state index contributed by atoms with van der Waals surface area (Å²) in [7, 11) is 1.34. The van der Waals surface area contributed by atoms with Crippen LogP contribution in [0.25, 0.3) is 0 Å². The third-order valence-corrected chi connectivity index (χ3v) is 3.73. The number of ether oxygens (including phenoxy) is 1. The molecular formula is C17H21N3O3. The third kappa shape index (κ3) is 3.97. The van der Waals surface area contributed by atoms with Crippen LogP contribution in [0.2, 0.25) is 0 Å². The molecule has 0 aliphatic carbocycles. The third-order valence-electron chi connectivity index (χ3n) is 3.73. The maximum Gasteiger partial charge on any atom is 0.310 e. The lowest BCUT2D eigenvalue weighted by atomic mass is 9.94. The number of nitrogens with zero attached hydrogens (tertiary/aromatic N) is 1. The molecule has 2 rings (SSSR count). The van der Waals surface area contributed by atoms with E-state index >= 15 is 0 Å². The molecule has 0 saturated heterocycles. The fourth-order valence-corrected chi connectivity index (χ4v) is 2.36. The number of rotatable bonds is 6. The van der Waals surface area contributed by atoms with Crippen molar-refractivity contribution in [1.82, 2.24) is 15.3 Å². The zero-order valence-corrected chi connectivity index (χ0v) is 13.5. The lowest BCUT2D eigenvalue weighted by Gasteiger charge is -2.23. The standard InChI is InChI=1S/C17H21N3O3/c1-4-14-18-10-13(19-14)16(21)20-15(11(2)17(22)23-3)12-8-6-5-7-9-12/h5-11,15H,4H2,1-3H3,(H,18,19)(H,20,21). The molecule has 1 aromatic heterocycles. The predicted octanol–water partition coefficient (Wildman–Crippen LogP) is 2.25. The van der Waals surface area contributed by atoms with Crippen LogP contribution in [0, 0.1) is 5.92 Å². The maximum absolute atomic E-state index is 12.4. The highest BCUT2D eigenvalue weighted by Gasteiger charge is 2.28. The highest BCUT2D eigenvalue weighted by Crippen LogP contribution is 2.23. The zero-order chi connectivity index (χ0) is 16.8. The lowest BCUT2D eigenvalue weighted by Crippen LogP contribution is -2.36. The van der Waals surface area contributed by atoms with Gasteiger partial charge in [-0.2, -0.15) is 0 Å². The lowest BCUT2D eigenvalue weighted by molar-refractivity contribution is -0.145. The first kappa shape index (κ1) is 16.7. The molecule has 0 radical (unpaired) electrons. The second kappa shape index (κ2) is 7.58. The van der Waals surface area contributed by atoms with Crippen molar-refractivity contribution in [2.45, 2.75) is 26.3 Å². The van der Waals surface area contributed by atoms with E-state index in [0.29, 0.717) is 12.1 Å². The van der Waals surface area contributed by atoms with E-state index in [0.717, 1.165) is 11.4 Å². The molecular weight excluding hydrogens is 294 g/mol. The molecule has 2 unspecified atom stereocenters. The number of esters is 1. The summed E-state index contributed by atoms with van der Waals surface area (Å²) in [5, 5.41) is 2.89. The molecule has 1 aromatic carbocycles. The molecule has 122 valence electrons. The minimum Gasteiger partial charge on any atom is -0.469 e. The topological polar surface area (TPSA) is 84.1 Å². The molecule has 0 saturated carbocycles. The molecule has 0 fully saturated rings. The van der Waals surface area contributed by atoms with Gasteiger partial charge in [0.25, 0.3) is 5.91 Å². The van der Waals surface area contributed by atoms with Crippen LogP contribution in [-0.2, 0) is 16.0 Å². The molecule has 23 heavy (non-hydrogen) atoms. The van der Waals surface area contributed by atoms with Crippen molar-refractivity contribution in [2.75, 3.05) is 7.11 Å². The number of amides is 1. The Labute approximate surface area is 135 Å². The number of nitrogens with one attached hydrogen (secondary N) is 2. The van der Waals surface area contributed by atoms with Crippen LogP contribution in [0.1, 0.15) is 41.8 Å². The summed E-state index contributed by atoms with van der Waals surface area (Å²) in [6.07, 6.45) is 2.22. The van der Waals surface area contributed by atoms with Crippen LogP contribution < -0.4 is 5.32 Å². The molecule has 2 atom stereocenters. The number of hydrogen-bond donors (Lipinski definition) is 2. The average molecular weight is 315 g/mol. The van der Waals surface area contributed by atoms with E-state index in [1.807, 2.05) is 37.3 Å². The van der Waals surface area contributed by atoms with Crippen molar-refractivity contribution < 1.29 is 14.3 Å². The molecule has 2 N–H and O–H groups in total. The Kier molecular flexibility index (Phi) is 5.51. The highest BCUT2D eigenvalue weighted by molar-refractivity contribution is 5.92. The molecule has 0 bridgehead atoms. The molecule has 0 aliphatic rings. The number of methoxy groups -OCH3 is 1. The second-order valence-corrected chi connectivity index (χ2v) is 5.27. The first-order valence-electron chi connectivity index (χ1n) is 7.54. The van der Waals surface area contributed by atoms with Gasteiger partial charge in [0.05, 0.1) is 25.3 Å². The quantitative estimate of drug-likeness (QED) is 0.801. The highest BCUT2D eigenvalue weighted by atomic mass is 16.5. The largest absolute Gasteiger partial charge is 0.469 e. The summed E-state index contributed by atoms with van der Waals surface area (Å²) in [4.78, 5) is 31.4. The van der Waals surface area contributed by atoms with Gasteiger partial charge in [0.1, 0.15) is 11.5 Å². The van der Waals surface area contributed by atoms with E-state index in [2.05, 4.69) is 15.3 Å². The van der Waals surface area contributed by atoms with Crippen LogP contribution >= 0.6 is 0 Å². The molecule has 1 amide bonds. The van der Waals surface area contributed by atoms with Crippen LogP contribution in [0.3, 0.4) is 0 Å². The number of carbonyl (C=O) groups excluding carboxylic acids is 2. The normalized spacial score (nSPS) is 13.2. The monoisotopic (exact) mass is 315 g/mol. The van der Waals surface area contributed by atoms with Crippen LogP contribution in [0.5, 0.6) is 0 Å². The zero-order valence-electron chi connectivity index (χ0n) is 13.5. The fourth-order valence-electron chi connectivity index (χ4n) is 2.36. The van der Waals surface area contributed by atoms with Gasteiger partial charge < -0.3 is 15.0 Å². The Morgan fingerprint density at radius 2 is 2.00 bits per heavy atom. The van der Waals surface area contributed by atoms with E-state index in [-0.39, 0.29) is 11.9 Å². The van der Waals surface area contributed by atoms with Crippen LogP contribution in [0.4, 0.5) is 0 Å². The van der Waals surface area contributed by atoms with Crippen molar-refractivity contribution >= 4 is 11.9 Å². The van der Waals surface area contributed by atoms with Gasteiger partial charge in [-0.1, -0.05) is 37.3 Å². The van der Waals surface area contributed by atoms with Crippen molar-refractivity contribution in [3.8, 4) is 0 Å². The molecule has 1 heterocycles. The number of imidazole rings is 1. The van der Waals surface area contributed by atoms with Gasteiger partial charge in [0.2, 0.25) is 0 Å². The summed E-state index contributed by atoms with van der Waals surface area (Å²) < 4.78 is 4.81. The Hall–Kier alpha value is -2.63. The molecule has 2 aromatic rings. The van der Waals surface area contributed by atoms with E-state index < -0.39 is 12.0 Å². The Morgan fingerprint density at radius 1 is 1.30 bits per heavy atom. The predicted molar refractivity (Wildman–Crippen MR) is 85.8 cm³/mol. The Bertz CT molecular complexity index is 667. The number of carbonyl (C=O) groups is 2. The van der Waals surface area contributed by atoms with Gasteiger partial charge >= 0.3 is 5.97 Å². The van der Waals surface area contributed by atoms with Gasteiger partial charge in [-0.05, 0) is 12.5 Å². The number of benzene rings is 1. The number of aromatic nitrogens is 2. The van der Waals surface area contributed by atoms with E-state index in [9.17, 15) is 9.59 Å². The van der Waals surface area contributed by atoms with Gasteiger partial charge in [-0.25, -0.2) is 4.98 Å². The van der Waals surface area contributed by atoms with E-state index in [4.69, 9.17) is 4.74 Å². The number of hydrogen-bond acceptors (Lipinski definition) is 4. The van der Waals surface area contributed by atoms with Crippen LogP contribution in [-0.4, -0.2) is 29.0 Å². The van der Waals surface area contributed by atoms with E-state index in [1.165, 1.54) is 13.3 Å². The number of aryl methyl sites for hydroxylation is 1. The molecule has 0 aliphatic heterocycles. The minimum absolute atomic E-state index is 0.304. The summed E-state index contributed by atoms with van der Waals surface area (Å²) in [6, 6.07) is 8.87. The summed E-state index contributed by atoms with van der Waals surface area (Å²) >= 11 is 0. The Morgan fingerprint density at radius 3 is 2.57 bits per heavy atom. The van der Waals surface area contributed by atoms with Crippen molar-refractivity contribution in [1.29, 1.82) is 0 Å². The first-order chi connectivity index (χ1) is 11.1. The molecule has 6 nitrogen and oxygen atoms in total. The summed E-state index contributed by atoms with van der Waals surface area (Å²) in [5.41, 5.74) is 1.22. The minimum atomic E-state index is -0.514. The van der Waals surface area contributed by atoms with Gasteiger partial charge in [0.15, 0.2) is 0 Å². The van der Waals surface area contributed by atoms with Crippen molar-refractivity contribution in [2.24, 2.45) is 5.92 Å². The number of aromatic amines is 1. The summed E-state index contributed by atoms with van der Waals surface area (Å²) in [5.74, 6) is -0.452. The molecule has 6 heteroatoms. The van der Waals surface area contributed by atoms with Crippen molar-refractivity contribution in [3.63, 3.8) is 0 Å². The average Bonchev–Trinajstić information content (AvgIpc) is 3.08. The summed E-state index contributed by atoms with van der Waals surface area (Å²) in [6.45, 7) is 3.68. The second-order valence-electron chi connectivity index (χ2n) is 5.27.